The van der Waals surface area contributed by atoms with Crippen LogP contribution in [0.2, 0.25) is 0 Å². The predicted molar refractivity (Wildman–Crippen MR) is 140 cm³/mol. The van der Waals surface area contributed by atoms with Crippen LogP contribution in [-0.2, 0) is 38.3 Å². The molecule has 6 nitrogen and oxygen atoms in total. The van der Waals surface area contributed by atoms with E-state index in [1.807, 2.05) is 48.5 Å². The zero-order valence-electron chi connectivity index (χ0n) is 21.4. The molecule has 36 heavy (non-hydrogen) atoms. The molecule has 2 aromatic carbocycles. The number of H-pyrrole nitrogens is 2. The topological polar surface area (TPSA) is 68.5 Å². The molecule has 6 heteroatoms. The first-order chi connectivity index (χ1) is 17.4. The number of benzene rings is 2. The van der Waals surface area contributed by atoms with Crippen LogP contribution in [0.1, 0.15) is 61.6 Å². The van der Waals surface area contributed by atoms with Crippen molar-refractivity contribution in [3.63, 3.8) is 0 Å². The lowest BCUT2D eigenvalue weighted by molar-refractivity contribution is 0.244. The van der Waals surface area contributed by atoms with Crippen molar-refractivity contribution in [3.05, 3.63) is 94.6 Å². The van der Waals surface area contributed by atoms with Crippen LogP contribution in [0.25, 0.3) is 0 Å². The van der Waals surface area contributed by atoms with E-state index in [9.17, 15) is 0 Å². The summed E-state index contributed by atoms with van der Waals surface area (Å²) in [5.74, 6) is 2.90. The van der Waals surface area contributed by atoms with Crippen LogP contribution in [0.5, 0.6) is 23.0 Å². The monoisotopic (exact) mass is 486 g/mol. The zero-order valence-corrected chi connectivity index (χ0v) is 21.4. The van der Waals surface area contributed by atoms with Crippen LogP contribution in [0.4, 0.5) is 0 Å². The van der Waals surface area contributed by atoms with E-state index in [1.54, 1.807) is 0 Å². The van der Waals surface area contributed by atoms with Crippen molar-refractivity contribution in [2.75, 3.05) is 0 Å². The minimum absolute atomic E-state index is 0.00265. The average Bonchev–Trinajstić information content (AvgIpc) is 3.52. The van der Waals surface area contributed by atoms with E-state index in [0.717, 1.165) is 40.7 Å². The highest BCUT2D eigenvalue weighted by atomic mass is 16.5. The summed E-state index contributed by atoms with van der Waals surface area (Å²) >= 11 is 0. The Balaban J connectivity index is 1.48. The molecule has 0 fully saturated rings. The molecule has 2 N–H and O–H groups in total. The van der Waals surface area contributed by atoms with E-state index in [1.165, 1.54) is 11.1 Å². The van der Waals surface area contributed by atoms with Gasteiger partial charge in [0, 0.05) is 0 Å². The van der Waals surface area contributed by atoms with Gasteiger partial charge in [-0.15, -0.1) is 0 Å². The molecular formula is C30H34N2O4. The maximum atomic E-state index is 6.33. The summed E-state index contributed by atoms with van der Waals surface area (Å²) < 4.78 is 24.8. The second kappa shape index (κ2) is 10.1. The molecule has 1 aliphatic rings. The Bertz CT molecular complexity index is 1330. The minimum Gasteiger partial charge on any atom is -0.483 e. The lowest BCUT2D eigenvalue weighted by Gasteiger charge is -2.25. The van der Waals surface area contributed by atoms with Gasteiger partial charge in [0.1, 0.15) is 26.4 Å². The number of aryl methyl sites for hydroxylation is 1. The van der Waals surface area contributed by atoms with Crippen LogP contribution in [0.3, 0.4) is 0 Å². The molecule has 4 aromatic rings. The van der Waals surface area contributed by atoms with Crippen LogP contribution in [0, 0.1) is 0 Å². The quantitative estimate of drug-likeness (QED) is 0.309. The summed E-state index contributed by atoms with van der Waals surface area (Å²) in [5.41, 5.74) is 6.41. The van der Waals surface area contributed by atoms with Crippen LogP contribution in [-0.4, -0.2) is 9.97 Å². The van der Waals surface area contributed by atoms with E-state index in [-0.39, 0.29) is 5.41 Å². The zero-order chi connectivity index (χ0) is 25.1. The van der Waals surface area contributed by atoms with Gasteiger partial charge in [-0.25, -0.2) is 0 Å². The molecule has 0 spiro atoms. The molecule has 2 aromatic heterocycles. The van der Waals surface area contributed by atoms with Gasteiger partial charge in [-0.05, 0) is 71.5 Å². The summed E-state index contributed by atoms with van der Waals surface area (Å²) in [6.07, 6.45) is 0.925. The third-order valence-electron chi connectivity index (χ3n) is 6.35. The smallest absolute Gasteiger partial charge is 0.162 e. The number of hydrogen-bond acceptors (Lipinski definition) is 4. The van der Waals surface area contributed by atoms with Gasteiger partial charge in [-0.3, -0.25) is 0 Å². The Morgan fingerprint density at radius 3 is 1.44 bits per heavy atom. The van der Waals surface area contributed by atoms with Crippen LogP contribution >= 0.6 is 0 Å². The number of nitrogens with one attached hydrogen (secondary N) is 2. The lowest BCUT2D eigenvalue weighted by atomic mass is 9.83. The van der Waals surface area contributed by atoms with Gasteiger partial charge >= 0.3 is 0 Å². The molecule has 0 atom stereocenters. The maximum absolute atomic E-state index is 6.33. The van der Waals surface area contributed by atoms with Crippen LogP contribution < -0.4 is 18.9 Å². The molecule has 1 aliphatic heterocycles. The van der Waals surface area contributed by atoms with Crippen LogP contribution in [0.15, 0.2) is 60.7 Å². The summed E-state index contributed by atoms with van der Waals surface area (Å²) in [7, 11) is 0. The summed E-state index contributed by atoms with van der Waals surface area (Å²) in [4.78, 5) is 6.82. The van der Waals surface area contributed by atoms with E-state index in [0.29, 0.717) is 37.9 Å². The van der Waals surface area contributed by atoms with Gasteiger partial charge in [-0.2, -0.15) is 0 Å². The normalized spacial score (nSPS) is 14.1. The third kappa shape index (κ3) is 5.38. The molecule has 188 valence electrons. The van der Waals surface area contributed by atoms with E-state index >= 15 is 0 Å². The number of ether oxygens (including phenoxy) is 4. The number of para-hydroxylation sites is 2. The fourth-order valence-corrected chi connectivity index (χ4v) is 4.45. The molecule has 3 heterocycles. The van der Waals surface area contributed by atoms with Crippen molar-refractivity contribution >= 4 is 0 Å². The SMILES string of the molecule is CCc1cc2c(cc1C(C)(C)C)OCc1ccc([nH]1)COc1ccccc1OCc1ccc([nH]1)CO2. The second-order valence-electron chi connectivity index (χ2n) is 10.2. The first-order valence-electron chi connectivity index (χ1n) is 12.5. The highest BCUT2D eigenvalue weighted by molar-refractivity contribution is 5.50. The van der Waals surface area contributed by atoms with Crippen molar-refractivity contribution < 1.29 is 18.9 Å². The molecule has 0 aliphatic carbocycles. The molecule has 0 saturated heterocycles. The Hall–Kier alpha value is -3.80. The summed E-state index contributed by atoms with van der Waals surface area (Å²) in [5, 5.41) is 0. The van der Waals surface area contributed by atoms with E-state index in [2.05, 4.69) is 49.8 Å². The largest absolute Gasteiger partial charge is 0.483 e. The Morgan fingerprint density at radius 1 is 0.611 bits per heavy atom. The van der Waals surface area contributed by atoms with Crippen molar-refractivity contribution in [2.45, 2.75) is 66.0 Å². The van der Waals surface area contributed by atoms with Gasteiger partial charge in [0.05, 0.1) is 22.8 Å². The average molecular weight is 487 g/mol. The Morgan fingerprint density at radius 2 is 1.03 bits per heavy atom. The molecule has 0 saturated carbocycles. The summed E-state index contributed by atoms with van der Waals surface area (Å²) in [6.45, 7) is 10.5. The molecule has 0 radical (unpaired) electrons. The van der Waals surface area contributed by atoms with E-state index < -0.39 is 0 Å². The summed E-state index contributed by atoms with van der Waals surface area (Å²) in [6, 6.07) is 20.1. The number of rotatable bonds is 1. The fourth-order valence-electron chi connectivity index (χ4n) is 4.45. The van der Waals surface area contributed by atoms with Gasteiger partial charge in [-0.1, -0.05) is 39.8 Å². The number of fused-ring (bicyclic) bond motifs is 6. The predicted octanol–water partition coefficient (Wildman–Crippen LogP) is 6.83. The molecule has 5 rings (SSSR count). The van der Waals surface area contributed by atoms with Crippen molar-refractivity contribution in [1.82, 2.24) is 9.97 Å². The minimum atomic E-state index is -0.00265. The maximum Gasteiger partial charge on any atom is 0.162 e. The van der Waals surface area contributed by atoms with Gasteiger partial charge < -0.3 is 28.9 Å². The first-order valence-corrected chi connectivity index (χ1v) is 12.5. The van der Waals surface area contributed by atoms with Crippen molar-refractivity contribution in [2.24, 2.45) is 0 Å². The second-order valence-corrected chi connectivity index (χ2v) is 10.2. The Labute approximate surface area is 212 Å². The Kier molecular flexibility index (Phi) is 6.68. The molecule has 4 bridgehead atoms. The van der Waals surface area contributed by atoms with Gasteiger partial charge in [0.15, 0.2) is 23.0 Å². The third-order valence-corrected chi connectivity index (χ3v) is 6.35. The number of aromatic amines is 2. The fraction of sp³-hybridized carbons (Fsp3) is 0.333. The molecular weight excluding hydrogens is 452 g/mol. The van der Waals surface area contributed by atoms with Crippen molar-refractivity contribution in [3.8, 4) is 23.0 Å². The highest BCUT2D eigenvalue weighted by Gasteiger charge is 2.21. The number of hydrogen-bond donors (Lipinski definition) is 2. The number of aromatic nitrogens is 2. The standard InChI is InChI=1S/C30H34N2O4/c1-5-20-14-28-29(15-25(20)30(2,3)4)36-19-24-13-11-22(32-24)17-34-27-9-7-6-8-26(27)33-16-21-10-12-23(31-21)18-35-28/h6-15,31-32H,5,16-19H2,1-4H3. The lowest BCUT2D eigenvalue weighted by Crippen LogP contribution is -2.15. The molecule has 0 unspecified atom stereocenters. The van der Waals surface area contributed by atoms with Gasteiger partial charge in [0.25, 0.3) is 0 Å². The van der Waals surface area contributed by atoms with Crippen molar-refractivity contribution in [1.29, 1.82) is 0 Å². The molecule has 0 amide bonds. The first kappa shape index (κ1) is 23.9. The highest BCUT2D eigenvalue weighted by Crippen LogP contribution is 2.38. The van der Waals surface area contributed by atoms with E-state index in [4.69, 9.17) is 18.9 Å². The van der Waals surface area contributed by atoms with Gasteiger partial charge in [0.2, 0.25) is 0 Å².